The number of nitrogens with two attached hydrogens (primary N) is 1. The molecule has 0 radical (unpaired) electrons. The molecule has 4 heterocycles. The maximum absolute atomic E-state index is 12.4. The van der Waals surface area contributed by atoms with Crippen LogP contribution in [-0.4, -0.2) is 53.4 Å². The van der Waals surface area contributed by atoms with Crippen molar-refractivity contribution < 1.29 is 13.2 Å². The smallest absolute Gasteiger partial charge is 0.179 e. The van der Waals surface area contributed by atoms with Crippen molar-refractivity contribution in [2.75, 3.05) is 35.4 Å². The van der Waals surface area contributed by atoms with Gasteiger partial charge >= 0.3 is 0 Å². The van der Waals surface area contributed by atoms with E-state index >= 15 is 0 Å². The number of pyridine rings is 2. The average Bonchev–Trinajstić information content (AvgIpc) is 2.69. The van der Waals surface area contributed by atoms with Crippen LogP contribution in [0.25, 0.3) is 0 Å². The Morgan fingerprint density at radius 2 is 1.90 bits per heavy atom. The minimum Gasteiger partial charge on any atom is -0.384 e. The molecule has 162 valence electrons. The predicted octanol–water partition coefficient (Wildman–Crippen LogP) is 2.23. The van der Waals surface area contributed by atoms with E-state index in [1.165, 1.54) is 24.7 Å². The maximum Gasteiger partial charge on any atom is 0.179 e. The van der Waals surface area contributed by atoms with E-state index in [-0.39, 0.29) is 22.1 Å². The second kappa shape index (κ2) is 7.75. The van der Waals surface area contributed by atoms with E-state index in [2.05, 4.69) is 32.2 Å². The molecule has 0 amide bonds. The highest BCUT2D eigenvalue weighted by Crippen LogP contribution is 2.36. The lowest BCUT2D eigenvalue weighted by Crippen LogP contribution is -2.53. The molecule has 0 atom stereocenters. The lowest BCUT2D eigenvalue weighted by Gasteiger charge is -2.40. The zero-order valence-corrected chi connectivity index (χ0v) is 18.2. The van der Waals surface area contributed by atoms with Crippen molar-refractivity contribution in [2.24, 2.45) is 0 Å². The summed E-state index contributed by atoms with van der Waals surface area (Å²) in [6.07, 6.45) is 5.66. The molecule has 3 N–H and O–H groups in total. The molecule has 0 unspecified atom stereocenters. The van der Waals surface area contributed by atoms with Gasteiger partial charge in [-0.1, -0.05) is 0 Å². The monoisotopic (exact) mass is 441 g/mol. The Kier molecular flexibility index (Phi) is 5.23. The van der Waals surface area contributed by atoms with Gasteiger partial charge in [-0.3, -0.25) is 4.90 Å². The van der Waals surface area contributed by atoms with Crippen LogP contribution in [0.3, 0.4) is 0 Å². The van der Waals surface area contributed by atoms with Gasteiger partial charge in [0.05, 0.1) is 30.6 Å². The van der Waals surface area contributed by atoms with Crippen LogP contribution in [0.5, 0.6) is 0 Å². The minimum atomic E-state index is -3.58. The summed E-state index contributed by atoms with van der Waals surface area (Å²) in [5.74, 6) is 1.21. The van der Waals surface area contributed by atoms with Crippen molar-refractivity contribution in [1.29, 1.82) is 0 Å². The summed E-state index contributed by atoms with van der Waals surface area (Å²) >= 11 is 0. The van der Waals surface area contributed by atoms with Crippen molar-refractivity contribution in [3.63, 3.8) is 0 Å². The van der Waals surface area contributed by atoms with E-state index in [9.17, 15) is 8.42 Å². The number of ether oxygens (including phenoxy) is 1. The Labute approximate surface area is 180 Å². The third-order valence-corrected chi connectivity index (χ3v) is 5.99. The molecule has 1 saturated heterocycles. The lowest BCUT2D eigenvalue weighted by molar-refractivity contribution is -0.0318. The molecule has 1 aliphatic rings. The molecule has 3 aromatic heterocycles. The molecule has 0 saturated carbocycles. The van der Waals surface area contributed by atoms with Crippen LogP contribution in [0, 0.1) is 6.92 Å². The Balaban J connectivity index is 1.84. The van der Waals surface area contributed by atoms with Crippen LogP contribution in [0.2, 0.25) is 0 Å². The summed E-state index contributed by atoms with van der Waals surface area (Å²) in [5, 5.41) is 3.45. The van der Waals surface area contributed by atoms with Crippen LogP contribution < -0.4 is 16.0 Å². The molecule has 1 fully saturated rings. The van der Waals surface area contributed by atoms with Gasteiger partial charge < -0.3 is 15.8 Å². The molecule has 3 aromatic rings. The molecule has 4 rings (SSSR count). The van der Waals surface area contributed by atoms with Crippen molar-refractivity contribution in [2.45, 2.75) is 24.3 Å². The normalized spacial score (nSPS) is 15.2. The molecule has 0 aliphatic carbocycles. The molecular formula is C20H23N7O3S. The second-order valence-electron chi connectivity index (χ2n) is 7.77. The largest absolute Gasteiger partial charge is 0.384 e. The molecule has 10 nitrogen and oxygen atoms in total. The van der Waals surface area contributed by atoms with Crippen molar-refractivity contribution >= 4 is 38.8 Å². The van der Waals surface area contributed by atoms with Gasteiger partial charge in [-0.05, 0) is 37.6 Å². The first-order valence-corrected chi connectivity index (χ1v) is 11.4. The van der Waals surface area contributed by atoms with Gasteiger partial charge in [-0.25, -0.2) is 28.4 Å². The third-order valence-electron chi connectivity index (χ3n) is 4.87. The fourth-order valence-electron chi connectivity index (χ4n) is 3.26. The lowest BCUT2D eigenvalue weighted by atomic mass is 10.00. The SMILES string of the molecule is Cc1cc(N(c2cc(N)ncn2)c2ncccc2S(C)(=O)=O)ncc1NC1(C)COC1. The standard InChI is InChI=1S/C20H23N7O3S/c1-13-7-17(23-9-14(13)26-20(2)10-30-11-20)27(18-8-16(21)24-12-25-18)19-15(31(3,28)29)5-4-6-22-19/h4-9,12,26H,10-11H2,1-3H3,(H2,21,24,25). The number of anilines is 5. The molecule has 0 spiro atoms. The summed E-state index contributed by atoms with van der Waals surface area (Å²) in [5.41, 5.74) is 7.50. The number of nitrogen functional groups attached to an aromatic ring is 1. The number of nitrogens with one attached hydrogen (secondary N) is 1. The molecule has 11 heteroatoms. The van der Waals surface area contributed by atoms with Crippen LogP contribution in [-0.2, 0) is 14.6 Å². The Bertz CT molecular complexity index is 1230. The van der Waals surface area contributed by atoms with E-state index in [0.717, 1.165) is 17.5 Å². The van der Waals surface area contributed by atoms with Gasteiger partial charge in [0.15, 0.2) is 15.7 Å². The first kappa shape index (κ1) is 20.9. The van der Waals surface area contributed by atoms with Gasteiger partial charge in [0, 0.05) is 18.5 Å². The van der Waals surface area contributed by atoms with Crippen molar-refractivity contribution in [3.8, 4) is 0 Å². The van der Waals surface area contributed by atoms with Gasteiger partial charge in [0.2, 0.25) is 0 Å². The topological polar surface area (TPSA) is 136 Å². The number of sulfone groups is 1. The quantitative estimate of drug-likeness (QED) is 0.586. The second-order valence-corrected chi connectivity index (χ2v) is 9.75. The maximum atomic E-state index is 12.4. The molecule has 31 heavy (non-hydrogen) atoms. The van der Waals surface area contributed by atoms with Gasteiger partial charge in [0.1, 0.15) is 28.7 Å². The average molecular weight is 442 g/mol. The molecule has 1 aliphatic heterocycles. The van der Waals surface area contributed by atoms with E-state index in [1.807, 2.05) is 13.0 Å². The highest BCUT2D eigenvalue weighted by atomic mass is 32.2. The third kappa shape index (κ3) is 4.28. The zero-order valence-electron chi connectivity index (χ0n) is 17.4. The van der Waals surface area contributed by atoms with E-state index in [4.69, 9.17) is 10.5 Å². The van der Waals surface area contributed by atoms with E-state index < -0.39 is 9.84 Å². The predicted molar refractivity (Wildman–Crippen MR) is 117 cm³/mol. The summed E-state index contributed by atoms with van der Waals surface area (Å²) in [6, 6.07) is 6.44. The van der Waals surface area contributed by atoms with Gasteiger partial charge in [-0.2, -0.15) is 0 Å². The Morgan fingerprint density at radius 1 is 1.16 bits per heavy atom. The minimum absolute atomic E-state index is 0.0490. The molecular weight excluding hydrogens is 418 g/mol. The van der Waals surface area contributed by atoms with Crippen LogP contribution in [0.4, 0.5) is 29.0 Å². The number of hydrogen-bond acceptors (Lipinski definition) is 10. The molecule has 0 aromatic carbocycles. The van der Waals surface area contributed by atoms with Crippen molar-refractivity contribution in [3.05, 3.63) is 48.5 Å². The highest BCUT2D eigenvalue weighted by molar-refractivity contribution is 7.90. The van der Waals surface area contributed by atoms with Crippen LogP contribution in [0.15, 0.2) is 47.9 Å². The number of hydrogen-bond donors (Lipinski definition) is 2. The highest BCUT2D eigenvalue weighted by Gasteiger charge is 2.33. The number of aromatic nitrogens is 4. The zero-order chi connectivity index (χ0) is 22.2. The van der Waals surface area contributed by atoms with Gasteiger partial charge in [-0.15, -0.1) is 0 Å². The number of nitrogens with zero attached hydrogens (tertiary/aromatic N) is 5. The van der Waals surface area contributed by atoms with Crippen LogP contribution >= 0.6 is 0 Å². The first-order valence-electron chi connectivity index (χ1n) is 9.52. The van der Waals surface area contributed by atoms with E-state index in [1.54, 1.807) is 17.2 Å². The Hall–Kier alpha value is -3.31. The Morgan fingerprint density at radius 3 is 2.52 bits per heavy atom. The first-order chi connectivity index (χ1) is 14.7. The summed E-state index contributed by atoms with van der Waals surface area (Å²) in [6.45, 7) is 5.25. The van der Waals surface area contributed by atoms with Crippen LogP contribution in [0.1, 0.15) is 12.5 Å². The van der Waals surface area contributed by atoms with Gasteiger partial charge in [0.25, 0.3) is 0 Å². The molecule has 0 bridgehead atoms. The number of rotatable bonds is 6. The van der Waals surface area contributed by atoms with Crippen molar-refractivity contribution in [1.82, 2.24) is 19.9 Å². The van der Waals surface area contributed by atoms with E-state index in [0.29, 0.717) is 24.8 Å². The summed E-state index contributed by atoms with van der Waals surface area (Å²) in [4.78, 5) is 18.7. The fraction of sp³-hybridized carbons (Fsp3) is 0.300. The number of aryl methyl sites for hydroxylation is 1. The fourth-order valence-corrected chi connectivity index (χ4v) is 4.06. The summed E-state index contributed by atoms with van der Waals surface area (Å²) < 4.78 is 30.2. The summed E-state index contributed by atoms with van der Waals surface area (Å²) in [7, 11) is -3.58.